The van der Waals surface area contributed by atoms with Gasteiger partial charge in [0.2, 0.25) is 0 Å². The van der Waals surface area contributed by atoms with Crippen molar-refractivity contribution in [3.05, 3.63) is 18.1 Å². The highest BCUT2D eigenvalue weighted by Crippen LogP contribution is 2.33. The number of aliphatic hydroxyl groups is 2. The van der Waals surface area contributed by atoms with Crippen molar-refractivity contribution >= 4 is 16.9 Å². The van der Waals surface area contributed by atoms with Gasteiger partial charge >= 0.3 is 0 Å². The van der Waals surface area contributed by atoms with E-state index >= 15 is 4.39 Å². The van der Waals surface area contributed by atoms with Crippen molar-refractivity contribution in [2.45, 2.75) is 31.0 Å². The first kappa shape index (κ1) is 17.0. The second-order valence-corrected chi connectivity index (χ2v) is 5.78. The molecule has 0 saturated carbocycles. The van der Waals surface area contributed by atoms with Gasteiger partial charge in [-0.15, -0.1) is 0 Å². The molecule has 9 nitrogen and oxygen atoms in total. The van der Waals surface area contributed by atoms with Gasteiger partial charge in [-0.2, -0.15) is 5.48 Å². The van der Waals surface area contributed by atoms with E-state index in [0.717, 1.165) is 5.56 Å². The monoisotopic (exact) mass is 341 g/mol. The Morgan fingerprint density at radius 1 is 1.58 bits per heavy atom. The van der Waals surface area contributed by atoms with E-state index in [2.05, 4.69) is 15.4 Å². The van der Waals surface area contributed by atoms with Gasteiger partial charge in [-0.1, -0.05) is 0 Å². The number of halogens is 1. The predicted octanol–water partition coefficient (Wildman–Crippen LogP) is -0.875. The maximum atomic E-state index is 15.1. The Bertz CT molecular complexity index is 726. The average molecular weight is 341 g/mol. The first-order valence-corrected chi connectivity index (χ1v) is 7.43. The Hall–Kier alpha value is -1.85. The lowest BCUT2D eigenvalue weighted by Gasteiger charge is -2.24. The number of nitrogens with two attached hydrogens (primary N) is 1. The molecule has 1 aliphatic heterocycles. The number of aromatic nitrogens is 3. The lowest BCUT2D eigenvalue weighted by Crippen LogP contribution is -2.44. The van der Waals surface area contributed by atoms with Crippen LogP contribution in [0.15, 0.2) is 12.5 Å². The molecule has 2 aromatic heterocycles. The number of rotatable bonds is 6. The maximum Gasteiger partial charge on any atom is 0.180 e. The van der Waals surface area contributed by atoms with Gasteiger partial charge in [0, 0.05) is 12.7 Å². The van der Waals surface area contributed by atoms with Gasteiger partial charge in [-0.25, -0.2) is 14.4 Å². The quantitative estimate of drug-likeness (QED) is 0.499. The van der Waals surface area contributed by atoms with E-state index < -0.39 is 24.5 Å². The zero-order valence-electron chi connectivity index (χ0n) is 13.1. The van der Waals surface area contributed by atoms with Crippen molar-refractivity contribution in [1.82, 2.24) is 20.0 Å². The number of ether oxygens (including phenoxy) is 1. The summed E-state index contributed by atoms with van der Waals surface area (Å²) in [5.41, 5.74) is 7.77. The van der Waals surface area contributed by atoms with Crippen LogP contribution in [0, 0.1) is 0 Å². The molecule has 0 aliphatic carbocycles. The molecule has 24 heavy (non-hydrogen) atoms. The fourth-order valence-electron chi connectivity index (χ4n) is 2.96. The van der Waals surface area contributed by atoms with Crippen LogP contribution in [-0.2, 0) is 22.7 Å². The summed E-state index contributed by atoms with van der Waals surface area (Å²) in [4.78, 5) is 13.0. The van der Waals surface area contributed by atoms with Gasteiger partial charge < -0.3 is 30.1 Å². The molecule has 3 rings (SSSR count). The largest absolute Gasteiger partial charge is 0.394 e. The number of anilines is 1. The molecule has 1 aliphatic rings. The minimum absolute atomic E-state index is 0.190. The third kappa shape index (κ3) is 2.82. The zero-order valence-corrected chi connectivity index (χ0v) is 13.1. The van der Waals surface area contributed by atoms with E-state index in [1.165, 1.54) is 13.4 Å². The van der Waals surface area contributed by atoms with E-state index in [-0.39, 0.29) is 19.0 Å². The second kappa shape index (κ2) is 6.57. The first-order valence-electron chi connectivity index (χ1n) is 7.43. The van der Waals surface area contributed by atoms with Gasteiger partial charge in [0.25, 0.3) is 0 Å². The fraction of sp³-hybridized carbons (Fsp3) is 0.571. The predicted molar refractivity (Wildman–Crippen MR) is 82.5 cm³/mol. The SMILES string of the molecule is CONCc1cn(CC2(F)COC(CO)C2O)c2ncnc(N)c12. The molecule has 1 saturated heterocycles. The highest BCUT2D eigenvalue weighted by molar-refractivity contribution is 5.89. The summed E-state index contributed by atoms with van der Waals surface area (Å²) in [5, 5.41) is 19.8. The number of hydrogen-bond donors (Lipinski definition) is 4. The Morgan fingerprint density at radius 2 is 2.38 bits per heavy atom. The van der Waals surface area contributed by atoms with Gasteiger partial charge in [-0.3, -0.25) is 0 Å². The molecule has 10 heteroatoms. The Morgan fingerprint density at radius 3 is 3.04 bits per heavy atom. The summed E-state index contributed by atoms with van der Waals surface area (Å²) in [7, 11) is 1.48. The van der Waals surface area contributed by atoms with Crippen LogP contribution in [0.3, 0.4) is 0 Å². The van der Waals surface area contributed by atoms with Crippen molar-refractivity contribution in [1.29, 1.82) is 0 Å². The molecule has 0 bridgehead atoms. The normalized spacial score (nSPS) is 27.2. The minimum Gasteiger partial charge on any atom is -0.394 e. The number of fused-ring (bicyclic) bond motifs is 1. The molecule has 3 atom stereocenters. The first-order chi connectivity index (χ1) is 11.5. The molecule has 3 unspecified atom stereocenters. The Balaban J connectivity index is 1.97. The van der Waals surface area contributed by atoms with Crippen LogP contribution in [0.5, 0.6) is 0 Å². The molecule has 5 N–H and O–H groups in total. The Labute approximate surface area is 137 Å². The van der Waals surface area contributed by atoms with Gasteiger partial charge in [0.05, 0.1) is 32.3 Å². The maximum absolute atomic E-state index is 15.1. The number of hydrogen-bond acceptors (Lipinski definition) is 8. The molecule has 3 heterocycles. The summed E-state index contributed by atoms with van der Waals surface area (Å²) < 4.78 is 21.8. The van der Waals surface area contributed by atoms with E-state index in [1.807, 2.05) is 0 Å². The van der Waals surface area contributed by atoms with Crippen molar-refractivity contribution in [3.8, 4) is 0 Å². The molecule has 0 aromatic carbocycles. The average Bonchev–Trinajstić information content (AvgIpc) is 3.05. The molecule has 1 fully saturated rings. The van der Waals surface area contributed by atoms with Gasteiger partial charge in [-0.05, 0) is 5.56 Å². The number of nitrogens with one attached hydrogen (secondary N) is 1. The molecule has 2 aromatic rings. The van der Waals surface area contributed by atoms with E-state index in [0.29, 0.717) is 17.6 Å². The number of nitrogen functional groups attached to an aromatic ring is 1. The van der Waals surface area contributed by atoms with Crippen LogP contribution in [0.2, 0.25) is 0 Å². The van der Waals surface area contributed by atoms with Crippen LogP contribution < -0.4 is 11.2 Å². The molecular weight excluding hydrogens is 321 g/mol. The van der Waals surface area contributed by atoms with Crippen LogP contribution in [0.1, 0.15) is 5.56 Å². The number of alkyl halides is 1. The molecular formula is C14H20FN5O4. The van der Waals surface area contributed by atoms with E-state index in [4.69, 9.17) is 20.4 Å². The highest BCUT2D eigenvalue weighted by Gasteiger charge is 2.50. The lowest BCUT2D eigenvalue weighted by atomic mass is 9.98. The lowest BCUT2D eigenvalue weighted by molar-refractivity contribution is -0.0181. The second-order valence-electron chi connectivity index (χ2n) is 5.78. The summed E-state index contributed by atoms with van der Waals surface area (Å²) in [5.74, 6) is 0.274. The summed E-state index contributed by atoms with van der Waals surface area (Å²) >= 11 is 0. The summed E-state index contributed by atoms with van der Waals surface area (Å²) in [6.07, 6.45) is 0.609. The number of hydroxylamine groups is 1. The van der Waals surface area contributed by atoms with Crippen molar-refractivity contribution in [2.24, 2.45) is 0 Å². The zero-order chi connectivity index (χ0) is 17.3. The molecule has 0 spiro atoms. The van der Waals surface area contributed by atoms with Crippen molar-refractivity contribution < 1.29 is 24.2 Å². The third-order valence-electron chi connectivity index (χ3n) is 4.20. The molecule has 0 amide bonds. The summed E-state index contributed by atoms with van der Waals surface area (Å²) in [6, 6.07) is 0. The van der Waals surface area contributed by atoms with Gasteiger partial charge in [0.15, 0.2) is 5.67 Å². The number of nitrogens with zero attached hydrogens (tertiary/aromatic N) is 3. The smallest absolute Gasteiger partial charge is 0.180 e. The van der Waals surface area contributed by atoms with Crippen LogP contribution >= 0.6 is 0 Å². The van der Waals surface area contributed by atoms with Crippen LogP contribution in [0.25, 0.3) is 11.0 Å². The molecule has 132 valence electrons. The fourth-order valence-corrected chi connectivity index (χ4v) is 2.96. The van der Waals surface area contributed by atoms with Crippen molar-refractivity contribution in [3.63, 3.8) is 0 Å². The standard InChI is InChI=1S/C14H20FN5O4/c1-23-19-2-8-3-20(13-10(8)12(16)17-7-18-13)5-14(15)6-24-9(4-21)11(14)22/h3,7,9,11,19,21-22H,2,4-6H2,1H3,(H2,16,17,18). The topological polar surface area (TPSA) is 128 Å². The summed E-state index contributed by atoms with van der Waals surface area (Å²) in [6.45, 7) is -0.623. The van der Waals surface area contributed by atoms with E-state index in [9.17, 15) is 5.11 Å². The van der Waals surface area contributed by atoms with E-state index in [1.54, 1.807) is 10.8 Å². The third-order valence-corrected chi connectivity index (χ3v) is 4.20. The highest BCUT2D eigenvalue weighted by atomic mass is 19.1. The Kier molecular flexibility index (Phi) is 4.65. The van der Waals surface area contributed by atoms with Crippen molar-refractivity contribution in [2.75, 3.05) is 26.1 Å². The minimum atomic E-state index is -2.04. The van der Waals surface area contributed by atoms with Crippen LogP contribution in [0.4, 0.5) is 10.2 Å². The van der Waals surface area contributed by atoms with Gasteiger partial charge in [0.1, 0.15) is 30.0 Å². The number of aliphatic hydroxyl groups excluding tert-OH is 2. The van der Waals surface area contributed by atoms with Crippen LogP contribution in [-0.4, -0.2) is 62.9 Å². The molecule has 0 radical (unpaired) electrons.